The van der Waals surface area contributed by atoms with Crippen LogP contribution in [0.5, 0.6) is 11.5 Å². The van der Waals surface area contributed by atoms with Crippen molar-refractivity contribution in [3.63, 3.8) is 0 Å². The van der Waals surface area contributed by atoms with Crippen LogP contribution in [0.3, 0.4) is 0 Å². The third-order valence-corrected chi connectivity index (χ3v) is 5.78. The Morgan fingerprint density at radius 2 is 2.14 bits per heavy atom. The van der Waals surface area contributed by atoms with Crippen LogP contribution in [-0.4, -0.2) is 23.7 Å². The van der Waals surface area contributed by atoms with E-state index in [1.807, 2.05) is 49.4 Å². The van der Waals surface area contributed by atoms with Gasteiger partial charge in [0.05, 0.1) is 18.0 Å². The second-order valence-corrected chi connectivity index (χ2v) is 7.90. The van der Waals surface area contributed by atoms with E-state index in [2.05, 4.69) is 15.3 Å². The fourth-order valence-corrected chi connectivity index (χ4v) is 4.45. The molecular formula is C22H21N3O3S. The lowest BCUT2D eigenvalue weighted by atomic mass is 10.1. The van der Waals surface area contributed by atoms with Crippen molar-refractivity contribution in [1.29, 1.82) is 0 Å². The number of carbonyl (C=O) groups is 1. The van der Waals surface area contributed by atoms with Gasteiger partial charge in [-0.25, -0.2) is 4.99 Å². The number of ether oxygens (including phenoxy) is 2. The Balaban J connectivity index is 1.60. The fourth-order valence-electron chi connectivity index (χ4n) is 3.47. The zero-order valence-electron chi connectivity index (χ0n) is 16.1. The van der Waals surface area contributed by atoms with Crippen LogP contribution in [-0.2, 0) is 4.79 Å². The quantitative estimate of drug-likeness (QED) is 0.677. The molecular weight excluding hydrogens is 386 g/mol. The number of hydrogen-bond donors (Lipinski definition) is 1. The van der Waals surface area contributed by atoms with Crippen LogP contribution in [0, 0.1) is 0 Å². The molecule has 2 aliphatic rings. The highest BCUT2D eigenvalue weighted by atomic mass is 32.1. The van der Waals surface area contributed by atoms with Crippen LogP contribution in [0.25, 0.3) is 11.3 Å². The van der Waals surface area contributed by atoms with E-state index >= 15 is 0 Å². The standard InChI is InChI=1S/C22H21N3O3S/c1-2-27-19-6-4-3-5-16(19)24-22-25(15-8-9-15)18(13-29-22)14-7-10-20-17(11-14)23-21(26)12-28-20/h3-7,10-11,13,15H,2,8-9,12H2,1H3,(H,23,26). The van der Waals surface area contributed by atoms with Gasteiger partial charge in [-0.2, -0.15) is 0 Å². The van der Waals surface area contributed by atoms with E-state index < -0.39 is 0 Å². The summed E-state index contributed by atoms with van der Waals surface area (Å²) < 4.78 is 13.5. The van der Waals surface area contributed by atoms with Crippen LogP contribution in [0.2, 0.25) is 0 Å². The minimum absolute atomic E-state index is 0.0646. The molecule has 1 aromatic heterocycles. The molecule has 0 bridgehead atoms. The Kier molecular flexibility index (Phi) is 4.60. The lowest BCUT2D eigenvalue weighted by molar-refractivity contribution is -0.118. The SMILES string of the molecule is CCOc1ccccc1N=c1scc(-c2ccc3c(c2)NC(=O)CO3)n1C1CC1. The molecule has 6 nitrogen and oxygen atoms in total. The molecule has 148 valence electrons. The van der Waals surface area contributed by atoms with E-state index in [-0.39, 0.29) is 12.5 Å². The first kappa shape index (κ1) is 18.0. The summed E-state index contributed by atoms with van der Waals surface area (Å²) in [4.78, 5) is 17.6. The van der Waals surface area contributed by atoms with Crippen LogP contribution in [0.1, 0.15) is 25.8 Å². The Bertz CT molecular complexity index is 1140. The number of aromatic nitrogens is 1. The zero-order chi connectivity index (χ0) is 19.8. The molecule has 1 amide bonds. The third-order valence-electron chi connectivity index (χ3n) is 4.94. The van der Waals surface area contributed by atoms with Crippen LogP contribution < -0.4 is 19.6 Å². The lowest BCUT2D eigenvalue weighted by Crippen LogP contribution is -2.25. The van der Waals surface area contributed by atoms with Gasteiger partial charge in [-0.1, -0.05) is 12.1 Å². The van der Waals surface area contributed by atoms with Crippen molar-refractivity contribution in [1.82, 2.24) is 4.57 Å². The second kappa shape index (κ2) is 7.40. The number of fused-ring (bicyclic) bond motifs is 1. The first-order valence-corrected chi connectivity index (χ1v) is 10.6. The van der Waals surface area contributed by atoms with Crippen molar-refractivity contribution in [2.24, 2.45) is 4.99 Å². The minimum Gasteiger partial charge on any atom is -0.492 e. The predicted molar refractivity (Wildman–Crippen MR) is 113 cm³/mol. The van der Waals surface area contributed by atoms with Gasteiger partial charge in [-0.05, 0) is 50.1 Å². The molecule has 0 atom stereocenters. The maximum atomic E-state index is 11.7. The summed E-state index contributed by atoms with van der Waals surface area (Å²) in [5, 5.41) is 5.03. The predicted octanol–water partition coefficient (Wildman–Crippen LogP) is 4.51. The first-order chi connectivity index (χ1) is 14.2. The molecule has 1 fully saturated rings. The van der Waals surface area contributed by atoms with E-state index in [1.54, 1.807) is 11.3 Å². The monoisotopic (exact) mass is 407 g/mol. The topological polar surface area (TPSA) is 64.8 Å². The van der Waals surface area contributed by atoms with Gasteiger partial charge in [0.15, 0.2) is 11.4 Å². The van der Waals surface area contributed by atoms with Gasteiger partial charge in [0.1, 0.15) is 17.2 Å². The molecule has 1 N–H and O–H groups in total. The van der Waals surface area contributed by atoms with Crippen molar-refractivity contribution in [2.75, 3.05) is 18.5 Å². The third kappa shape index (κ3) is 3.53. The van der Waals surface area contributed by atoms with Gasteiger partial charge in [-0.3, -0.25) is 4.79 Å². The zero-order valence-corrected chi connectivity index (χ0v) is 16.9. The molecule has 2 heterocycles. The van der Waals surface area contributed by atoms with E-state index in [4.69, 9.17) is 14.5 Å². The molecule has 0 unspecified atom stereocenters. The van der Waals surface area contributed by atoms with E-state index in [1.165, 1.54) is 0 Å². The maximum Gasteiger partial charge on any atom is 0.262 e. The van der Waals surface area contributed by atoms with Gasteiger partial charge in [0.25, 0.3) is 5.91 Å². The Hall–Kier alpha value is -3.06. The molecule has 0 saturated heterocycles. The van der Waals surface area contributed by atoms with E-state index in [0.29, 0.717) is 24.1 Å². The fraction of sp³-hybridized carbons (Fsp3) is 0.273. The van der Waals surface area contributed by atoms with E-state index in [0.717, 1.165) is 40.3 Å². The highest BCUT2D eigenvalue weighted by molar-refractivity contribution is 7.07. The number of hydrogen-bond acceptors (Lipinski definition) is 5. The Morgan fingerprint density at radius 1 is 1.28 bits per heavy atom. The molecule has 0 spiro atoms. The molecule has 2 aromatic carbocycles. The highest BCUT2D eigenvalue weighted by Crippen LogP contribution is 2.40. The maximum absolute atomic E-state index is 11.7. The van der Waals surface area contributed by atoms with Crippen molar-refractivity contribution in [3.05, 3.63) is 52.6 Å². The van der Waals surface area contributed by atoms with Gasteiger partial charge in [-0.15, -0.1) is 11.3 Å². The summed E-state index contributed by atoms with van der Waals surface area (Å²) in [5.74, 6) is 1.37. The number of rotatable bonds is 5. The number of nitrogens with zero attached hydrogens (tertiary/aromatic N) is 2. The average molecular weight is 407 g/mol. The highest BCUT2D eigenvalue weighted by Gasteiger charge is 2.28. The lowest BCUT2D eigenvalue weighted by Gasteiger charge is -2.19. The van der Waals surface area contributed by atoms with Crippen molar-refractivity contribution in [2.45, 2.75) is 25.8 Å². The normalized spacial score (nSPS) is 16.2. The van der Waals surface area contributed by atoms with Gasteiger partial charge < -0.3 is 19.4 Å². The largest absolute Gasteiger partial charge is 0.492 e. The molecule has 1 aliphatic carbocycles. The second-order valence-electron chi connectivity index (χ2n) is 7.07. The summed E-state index contributed by atoms with van der Waals surface area (Å²) in [5.41, 5.74) is 3.70. The van der Waals surface area contributed by atoms with Crippen molar-refractivity contribution in [3.8, 4) is 22.8 Å². The van der Waals surface area contributed by atoms with Gasteiger partial charge in [0, 0.05) is 17.0 Å². The molecule has 7 heteroatoms. The summed E-state index contributed by atoms with van der Waals surface area (Å²) >= 11 is 1.62. The van der Waals surface area contributed by atoms with Gasteiger partial charge >= 0.3 is 0 Å². The summed E-state index contributed by atoms with van der Waals surface area (Å²) in [6, 6.07) is 14.3. The summed E-state index contributed by atoms with van der Waals surface area (Å²) in [6.45, 7) is 2.64. The number of thiazole rings is 1. The minimum atomic E-state index is -0.127. The molecule has 1 saturated carbocycles. The number of carbonyl (C=O) groups excluding carboxylic acids is 1. The van der Waals surface area contributed by atoms with E-state index in [9.17, 15) is 4.79 Å². The Labute approximate surface area is 172 Å². The molecule has 1 aliphatic heterocycles. The molecule has 5 rings (SSSR count). The summed E-state index contributed by atoms with van der Waals surface area (Å²) in [7, 11) is 0. The summed E-state index contributed by atoms with van der Waals surface area (Å²) in [6.07, 6.45) is 2.30. The van der Waals surface area contributed by atoms with Crippen LogP contribution in [0.4, 0.5) is 11.4 Å². The van der Waals surface area contributed by atoms with Crippen molar-refractivity contribution >= 4 is 28.6 Å². The number of benzene rings is 2. The molecule has 3 aromatic rings. The first-order valence-electron chi connectivity index (χ1n) is 9.76. The number of nitrogens with one attached hydrogen (secondary N) is 1. The molecule has 29 heavy (non-hydrogen) atoms. The average Bonchev–Trinajstić information content (AvgIpc) is 3.49. The number of amides is 1. The number of para-hydroxylation sites is 2. The van der Waals surface area contributed by atoms with Crippen molar-refractivity contribution < 1.29 is 14.3 Å². The smallest absolute Gasteiger partial charge is 0.262 e. The van der Waals surface area contributed by atoms with Crippen LogP contribution in [0.15, 0.2) is 52.8 Å². The molecule has 0 radical (unpaired) electrons. The Morgan fingerprint density at radius 3 is 2.97 bits per heavy atom. The van der Waals surface area contributed by atoms with Crippen LogP contribution >= 0.6 is 11.3 Å². The van der Waals surface area contributed by atoms with Gasteiger partial charge in [0.2, 0.25) is 0 Å². The number of anilines is 1.